The van der Waals surface area contributed by atoms with E-state index in [1.165, 1.54) is 0 Å². The molecular weight excluding hydrogens is 412 g/mol. The standard InChI is InChI=1S/C24H34N2O6/c1-19(2)21(5)7-9-23(19,31-17(21)29)15(27)25-11-13-26(14-12-25)16(28)24-10-8-22(6,18(30)32-24)20(24,3)4/h7-14H2,1-6H3/t21-,22-,23-,24+/m0/s1. The van der Waals surface area contributed by atoms with Gasteiger partial charge in [-0.1, -0.05) is 27.7 Å². The summed E-state index contributed by atoms with van der Waals surface area (Å²) < 4.78 is 11.5. The molecule has 0 spiro atoms. The van der Waals surface area contributed by atoms with Crippen molar-refractivity contribution in [3.8, 4) is 0 Å². The number of fused-ring (bicyclic) bond motifs is 4. The second-order valence-electron chi connectivity index (χ2n) is 11.9. The van der Waals surface area contributed by atoms with Crippen molar-refractivity contribution in [3.05, 3.63) is 0 Å². The third-order valence-corrected chi connectivity index (χ3v) is 10.7. The van der Waals surface area contributed by atoms with Gasteiger partial charge in [-0.15, -0.1) is 0 Å². The third-order valence-electron chi connectivity index (χ3n) is 10.7. The predicted molar refractivity (Wildman–Crippen MR) is 113 cm³/mol. The molecule has 0 radical (unpaired) electrons. The van der Waals surface area contributed by atoms with Crippen LogP contribution in [0.2, 0.25) is 0 Å². The summed E-state index contributed by atoms with van der Waals surface area (Å²) in [5, 5.41) is 0. The zero-order valence-electron chi connectivity index (χ0n) is 20.0. The van der Waals surface area contributed by atoms with Crippen molar-refractivity contribution in [2.24, 2.45) is 21.7 Å². The van der Waals surface area contributed by atoms with Gasteiger partial charge in [0, 0.05) is 37.0 Å². The monoisotopic (exact) mass is 446 g/mol. The molecule has 3 aliphatic heterocycles. The molecule has 2 amide bonds. The number of hydrogen-bond acceptors (Lipinski definition) is 6. The Morgan fingerprint density at radius 2 is 0.938 bits per heavy atom. The van der Waals surface area contributed by atoms with Crippen LogP contribution in [-0.4, -0.2) is 70.9 Å². The van der Waals surface area contributed by atoms with Crippen molar-refractivity contribution in [3.63, 3.8) is 0 Å². The van der Waals surface area contributed by atoms with Gasteiger partial charge in [0.25, 0.3) is 11.8 Å². The Balaban J connectivity index is 1.32. The second kappa shape index (κ2) is 5.86. The topological polar surface area (TPSA) is 93.2 Å². The normalized spacial score (nSPS) is 43.4. The van der Waals surface area contributed by atoms with E-state index >= 15 is 0 Å². The van der Waals surface area contributed by atoms with E-state index in [0.717, 1.165) is 0 Å². The first-order valence-electron chi connectivity index (χ1n) is 11.8. The van der Waals surface area contributed by atoms with E-state index in [2.05, 4.69) is 0 Å². The van der Waals surface area contributed by atoms with Gasteiger partial charge in [-0.05, 0) is 39.5 Å². The van der Waals surface area contributed by atoms with E-state index in [1.54, 1.807) is 9.80 Å². The number of carbonyl (C=O) groups excluding carboxylic acids is 4. The molecule has 2 aliphatic carbocycles. The van der Waals surface area contributed by atoms with Gasteiger partial charge in [-0.3, -0.25) is 19.2 Å². The van der Waals surface area contributed by atoms with E-state index in [1.807, 2.05) is 41.5 Å². The summed E-state index contributed by atoms with van der Waals surface area (Å²) in [7, 11) is 0. The molecular formula is C24H34N2O6. The fraction of sp³-hybridized carbons (Fsp3) is 0.833. The molecule has 8 heteroatoms. The smallest absolute Gasteiger partial charge is 0.313 e. The minimum atomic E-state index is -1.13. The van der Waals surface area contributed by atoms with Gasteiger partial charge in [-0.25, -0.2) is 0 Å². The summed E-state index contributed by atoms with van der Waals surface area (Å²) >= 11 is 0. The lowest BCUT2D eigenvalue weighted by Crippen LogP contribution is -2.62. The van der Waals surface area contributed by atoms with Gasteiger partial charge in [-0.2, -0.15) is 0 Å². The lowest BCUT2D eigenvalue weighted by atomic mass is 9.66. The van der Waals surface area contributed by atoms with Crippen LogP contribution < -0.4 is 0 Å². The summed E-state index contributed by atoms with van der Waals surface area (Å²) in [6.45, 7) is 13.1. The SMILES string of the molecule is CC1(C)[C@@]2(C)CC[C@@]1(C(=O)N1CCN(C(=O)[C@@]34CC[C@@](C)(C(=O)O3)C4(C)C)CC1)OC2=O. The lowest BCUT2D eigenvalue weighted by Gasteiger charge is -2.44. The highest BCUT2D eigenvalue weighted by Gasteiger charge is 2.77. The number of hydrogen-bond donors (Lipinski definition) is 0. The van der Waals surface area contributed by atoms with Crippen molar-refractivity contribution in [2.45, 2.75) is 78.4 Å². The summed E-state index contributed by atoms with van der Waals surface area (Å²) in [4.78, 5) is 55.8. The third kappa shape index (κ3) is 2.02. The van der Waals surface area contributed by atoms with Gasteiger partial charge in [0.05, 0.1) is 10.8 Å². The zero-order valence-corrected chi connectivity index (χ0v) is 20.0. The Morgan fingerprint density at radius 1 is 0.625 bits per heavy atom. The minimum absolute atomic E-state index is 0.150. The van der Waals surface area contributed by atoms with Crippen molar-refractivity contribution in [1.29, 1.82) is 0 Å². The molecule has 32 heavy (non-hydrogen) atoms. The molecule has 8 nitrogen and oxygen atoms in total. The molecule has 4 atom stereocenters. The van der Waals surface area contributed by atoms with Gasteiger partial charge < -0.3 is 19.3 Å². The number of rotatable bonds is 2. The van der Waals surface area contributed by atoms with Crippen LogP contribution in [-0.2, 0) is 28.7 Å². The molecule has 0 unspecified atom stereocenters. The van der Waals surface area contributed by atoms with Crippen LogP contribution in [0.1, 0.15) is 67.2 Å². The molecule has 5 rings (SSSR count). The summed E-state index contributed by atoms with van der Waals surface area (Å²) in [6, 6.07) is 0. The van der Waals surface area contributed by atoms with Gasteiger partial charge in [0.2, 0.25) is 0 Å². The molecule has 176 valence electrons. The summed E-state index contributed by atoms with van der Waals surface area (Å²) in [5.41, 5.74) is -4.72. The fourth-order valence-corrected chi connectivity index (χ4v) is 7.07. The van der Waals surface area contributed by atoms with Crippen molar-refractivity contribution >= 4 is 23.8 Å². The Kier molecular flexibility index (Phi) is 3.98. The predicted octanol–water partition coefficient (Wildman–Crippen LogP) is 1.90. The summed E-state index contributed by atoms with van der Waals surface area (Å²) in [6.07, 6.45) is 2.35. The van der Waals surface area contributed by atoms with E-state index in [-0.39, 0.29) is 23.8 Å². The van der Waals surface area contributed by atoms with Crippen LogP contribution in [0.15, 0.2) is 0 Å². The quantitative estimate of drug-likeness (QED) is 0.602. The molecule has 0 aromatic carbocycles. The maximum atomic E-state index is 13.6. The molecule has 2 saturated carbocycles. The van der Waals surface area contributed by atoms with Crippen LogP contribution in [0.5, 0.6) is 0 Å². The van der Waals surface area contributed by atoms with Crippen molar-refractivity contribution in [2.75, 3.05) is 26.2 Å². The molecule has 5 aliphatic rings. The number of carbonyl (C=O) groups is 4. The molecule has 5 fully saturated rings. The van der Waals surface area contributed by atoms with Crippen molar-refractivity contribution in [1.82, 2.24) is 9.80 Å². The van der Waals surface area contributed by atoms with Crippen LogP contribution in [0.3, 0.4) is 0 Å². The number of esters is 2. The van der Waals surface area contributed by atoms with E-state index in [4.69, 9.17) is 9.47 Å². The van der Waals surface area contributed by atoms with E-state index in [9.17, 15) is 19.2 Å². The average molecular weight is 447 g/mol. The number of nitrogens with zero attached hydrogens (tertiary/aromatic N) is 2. The Morgan fingerprint density at radius 3 is 1.16 bits per heavy atom. The number of ether oxygens (including phenoxy) is 2. The van der Waals surface area contributed by atoms with Gasteiger partial charge >= 0.3 is 11.9 Å². The van der Waals surface area contributed by atoms with Crippen LogP contribution in [0.4, 0.5) is 0 Å². The van der Waals surface area contributed by atoms with E-state index < -0.39 is 32.9 Å². The molecule has 0 aromatic rings. The average Bonchev–Trinajstić information content (AvgIpc) is 3.21. The highest BCUT2D eigenvalue weighted by molar-refractivity contribution is 5.97. The first kappa shape index (κ1) is 21.7. The summed E-state index contributed by atoms with van der Waals surface area (Å²) in [5.74, 6) is -0.874. The highest BCUT2D eigenvalue weighted by Crippen LogP contribution is 2.67. The first-order valence-corrected chi connectivity index (χ1v) is 11.8. The second-order valence-corrected chi connectivity index (χ2v) is 11.9. The molecule has 0 N–H and O–H groups in total. The number of amides is 2. The maximum Gasteiger partial charge on any atom is 0.313 e. The van der Waals surface area contributed by atoms with E-state index in [0.29, 0.717) is 51.9 Å². The van der Waals surface area contributed by atoms with Crippen LogP contribution in [0.25, 0.3) is 0 Å². The van der Waals surface area contributed by atoms with Crippen LogP contribution in [0, 0.1) is 21.7 Å². The van der Waals surface area contributed by atoms with Crippen LogP contribution >= 0.6 is 0 Å². The molecule has 4 bridgehead atoms. The highest BCUT2D eigenvalue weighted by atomic mass is 16.6. The Labute approximate surface area is 188 Å². The Bertz CT molecular complexity index is 874. The lowest BCUT2D eigenvalue weighted by molar-refractivity contribution is -0.179. The zero-order chi connectivity index (χ0) is 23.5. The largest absolute Gasteiger partial charge is 0.448 e. The molecule has 3 saturated heterocycles. The minimum Gasteiger partial charge on any atom is -0.448 e. The Hall–Kier alpha value is -2.12. The molecule has 3 heterocycles. The fourth-order valence-electron chi connectivity index (χ4n) is 7.07. The van der Waals surface area contributed by atoms with Gasteiger partial charge in [0.1, 0.15) is 0 Å². The van der Waals surface area contributed by atoms with Gasteiger partial charge in [0.15, 0.2) is 11.2 Å². The molecule has 0 aromatic heterocycles. The number of piperazine rings is 1. The maximum absolute atomic E-state index is 13.6. The van der Waals surface area contributed by atoms with Crippen molar-refractivity contribution < 1.29 is 28.7 Å². The first-order chi connectivity index (χ1) is 14.7.